The lowest BCUT2D eigenvalue weighted by atomic mass is 10.1. The smallest absolute Gasteiger partial charge is 0.143 e. The first-order chi connectivity index (χ1) is 10.2. The second-order valence-corrected chi connectivity index (χ2v) is 4.46. The van der Waals surface area contributed by atoms with Crippen LogP contribution < -0.4 is 15.8 Å². The Morgan fingerprint density at radius 1 is 1.38 bits per heavy atom. The molecule has 0 aliphatic rings. The Balaban J connectivity index is 2.40. The van der Waals surface area contributed by atoms with E-state index < -0.39 is 0 Å². The van der Waals surface area contributed by atoms with E-state index in [-0.39, 0.29) is 0 Å². The van der Waals surface area contributed by atoms with Crippen molar-refractivity contribution < 1.29 is 4.74 Å². The molecule has 0 aliphatic carbocycles. The molecule has 1 heterocycles. The van der Waals surface area contributed by atoms with Gasteiger partial charge in [0.1, 0.15) is 35.0 Å². The number of aryl methyl sites for hydroxylation is 1. The fourth-order valence-electron chi connectivity index (χ4n) is 1.97. The zero-order valence-electron chi connectivity index (χ0n) is 12.1. The highest BCUT2D eigenvalue weighted by molar-refractivity contribution is 5.72. The Bertz CT molecular complexity index is 678. The molecular weight excluding hydrogens is 266 g/mol. The Morgan fingerprint density at radius 2 is 2.19 bits per heavy atom. The highest BCUT2D eigenvalue weighted by Gasteiger charge is 2.11. The third-order valence-corrected chi connectivity index (χ3v) is 2.89. The van der Waals surface area contributed by atoms with Gasteiger partial charge >= 0.3 is 0 Å². The van der Waals surface area contributed by atoms with Gasteiger partial charge < -0.3 is 15.8 Å². The summed E-state index contributed by atoms with van der Waals surface area (Å²) in [6, 6.07) is 9.01. The van der Waals surface area contributed by atoms with Gasteiger partial charge in [0.25, 0.3) is 0 Å². The van der Waals surface area contributed by atoms with E-state index in [2.05, 4.69) is 21.4 Å². The minimum Gasteiger partial charge on any atom is -0.495 e. The van der Waals surface area contributed by atoms with Gasteiger partial charge in [-0.25, -0.2) is 9.97 Å². The number of anilines is 3. The third kappa shape index (κ3) is 3.39. The highest BCUT2D eigenvalue weighted by atomic mass is 16.5. The number of aromatic nitrogens is 2. The summed E-state index contributed by atoms with van der Waals surface area (Å²) < 4.78 is 5.28. The molecule has 2 rings (SSSR count). The van der Waals surface area contributed by atoms with Crippen LogP contribution in [0.4, 0.5) is 17.3 Å². The summed E-state index contributed by atoms with van der Waals surface area (Å²) in [5, 5.41) is 12.3. The van der Waals surface area contributed by atoms with E-state index in [0.29, 0.717) is 34.5 Å². The third-order valence-electron chi connectivity index (χ3n) is 2.89. The molecule has 0 saturated heterocycles. The second-order valence-electron chi connectivity index (χ2n) is 4.46. The number of rotatable bonds is 5. The standard InChI is InChI=1S/C15H17N5O/c1-3-5-13-18-12(17)8-14(19-13)20-15-10(9-16)6-4-7-11(15)21-2/h4,6-8H,3,5H2,1-2H3,(H3,17,18,19,20). The van der Waals surface area contributed by atoms with Gasteiger partial charge in [-0.05, 0) is 18.6 Å². The van der Waals surface area contributed by atoms with Crippen molar-refractivity contribution in [3.63, 3.8) is 0 Å². The number of benzene rings is 1. The maximum Gasteiger partial charge on any atom is 0.143 e. The fraction of sp³-hybridized carbons (Fsp3) is 0.267. The molecule has 1 aromatic heterocycles. The summed E-state index contributed by atoms with van der Waals surface area (Å²) in [6.45, 7) is 2.05. The summed E-state index contributed by atoms with van der Waals surface area (Å²) >= 11 is 0. The van der Waals surface area contributed by atoms with Gasteiger partial charge in [0.2, 0.25) is 0 Å². The molecule has 0 spiro atoms. The number of methoxy groups -OCH3 is 1. The van der Waals surface area contributed by atoms with Gasteiger partial charge in [-0.3, -0.25) is 0 Å². The molecule has 0 radical (unpaired) electrons. The van der Waals surface area contributed by atoms with E-state index in [9.17, 15) is 5.26 Å². The van der Waals surface area contributed by atoms with Crippen LogP contribution in [0.5, 0.6) is 5.75 Å². The van der Waals surface area contributed by atoms with Gasteiger partial charge in [0, 0.05) is 12.5 Å². The molecule has 2 aromatic rings. The maximum absolute atomic E-state index is 9.21. The topological polar surface area (TPSA) is 96.8 Å². The molecule has 0 aliphatic heterocycles. The molecule has 0 bridgehead atoms. The first-order valence-electron chi connectivity index (χ1n) is 6.65. The largest absolute Gasteiger partial charge is 0.495 e. The van der Waals surface area contributed by atoms with Crippen molar-refractivity contribution in [1.29, 1.82) is 5.26 Å². The number of para-hydroxylation sites is 1. The van der Waals surface area contributed by atoms with Gasteiger partial charge in [-0.15, -0.1) is 0 Å². The minimum absolute atomic E-state index is 0.393. The summed E-state index contributed by atoms with van der Waals surface area (Å²) in [5.74, 6) is 2.19. The van der Waals surface area contributed by atoms with Gasteiger partial charge in [0.05, 0.1) is 12.7 Å². The number of hydrogen-bond acceptors (Lipinski definition) is 6. The molecule has 0 saturated carbocycles. The number of hydrogen-bond donors (Lipinski definition) is 2. The van der Waals surface area contributed by atoms with E-state index in [0.717, 1.165) is 12.8 Å². The van der Waals surface area contributed by atoms with Crippen LogP contribution >= 0.6 is 0 Å². The molecular formula is C15H17N5O. The van der Waals surface area contributed by atoms with Crippen LogP contribution in [0.1, 0.15) is 24.7 Å². The average Bonchev–Trinajstić information content (AvgIpc) is 2.47. The van der Waals surface area contributed by atoms with Crippen molar-refractivity contribution in [1.82, 2.24) is 9.97 Å². The zero-order chi connectivity index (χ0) is 15.2. The maximum atomic E-state index is 9.21. The highest BCUT2D eigenvalue weighted by Crippen LogP contribution is 2.30. The Morgan fingerprint density at radius 3 is 2.86 bits per heavy atom. The SMILES string of the molecule is CCCc1nc(N)cc(Nc2c(C#N)cccc2OC)n1. The molecule has 0 amide bonds. The normalized spacial score (nSPS) is 9.95. The summed E-state index contributed by atoms with van der Waals surface area (Å²) in [4.78, 5) is 8.58. The van der Waals surface area contributed by atoms with Gasteiger partial charge in [-0.2, -0.15) is 5.26 Å². The van der Waals surface area contributed by atoms with E-state index >= 15 is 0 Å². The second kappa shape index (κ2) is 6.57. The van der Waals surface area contributed by atoms with Crippen LogP contribution in [0.25, 0.3) is 0 Å². The van der Waals surface area contributed by atoms with Crippen LogP contribution in [0.15, 0.2) is 24.3 Å². The fourth-order valence-corrected chi connectivity index (χ4v) is 1.97. The van der Waals surface area contributed by atoms with E-state index in [1.54, 1.807) is 31.4 Å². The average molecular weight is 283 g/mol. The first-order valence-corrected chi connectivity index (χ1v) is 6.65. The zero-order valence-corrected chi connectivity index (χ0v) is 12.1. The Labute approximate surface area is 123 Å². The molecule has 0 atom stereocenters. The number of nitrogens with zero attached hydrogens (tertiary/aromatic N) is 3. The number of ether oxygens (including phenoxy) is 1. The summed E-state index contributed by atoms with van der Waals surface area (Å²) in [6.07, 6.45) is 1.68. The van der Waals surface area contributed by atoms with Crippen molar-refractivity contribution in [2.24, 2.45) is 0 Å². The van der Waals surface area contributed by atoms with E-state index in [1.807, 2.05) is 6.92 Å². The minimum atomic E-state index is 0.393. The van der Waals surface area contributed by atoms with Crippen LogP contribution in [0, 0.1) is 11.3 Å². The number of nitriles is 1. The molecule has 0 unspecified atom stereocenters. The van der Waals surface area contributed by atoms with Crippen molar-refractivity contribution in [3.05, 3.63) is 35.7 Å². The first kappa shape index (κ1) is 14.6. The monoisotopic (exact) mass is 283 g/mol. The lowest BCUT2D eigenvalue weighted by Crippen LogP contribution is -2.05. The van der Waals surface area contributed by atoms with Crippen molar-refractivity contribution in [3.8, 4) is 11.8 Å². The van der Waals surface area contributed by atoms with Crippen LogP contribution in [0.3, 0.4) is 0 Å². The van der Waals surface area contributed by atoms with Gasteiger partial charge in [0.15, 0.2) is 0 Å². The summed E-state index contributed by atoms with van der Waals surface area (Å²) in [7, 11) is 1.55. The van der Waals surface area contributed by atoms with Crippen molar-refractivity contribution in [2.45, 2.75) is 19.8 Å². The molecule has 6 nitrogen and oxygen atoms in total. The lowest BCUT2D eigenvalue weighted by Gasteiger charge is -2.13. The summed E-state index contributed by atoms with van der Waals surface area (Å²) in [5.41, 5.74) is 6.84. The van der Waals surface area contributed by atoms with Gasteiger partial charge in [-0.1, -0.05) is 13.0 Å². The number of nitrogens with two attached hydrogens (primary N) is 1. The molecule has 1 aromatic carbocycles. The predicted octanol–water partition coefficient (Wildman–Crippen LogP) is 2.64. The van der Waals surface area contributed by atoms with Crippen molar-refractivity contribution >= 4 is 17.3 Å². The number of nitrogens with one attached hydrogen (secondary N) is 1. The van der Waals surface area contributed by atoms with Crippen LogP contribution in [0.2, 0.25) is 0 Å². The Kier molecular flexibility index (Phi) is 4.57. The van der Waals surface area contributed by atoms with E-state index in [1.165, 1.54) is 0 Å². The number of nitrogen functional groups attached to an aromatic ring is 1. The Hall–Kier alpha value is -2.81. The molecule has 21 heavy (non-hydrogen) atoms. The van der Waals surface area contributed by atoms with Crippen LogP contribution in [-0.2, 0) is 6.42 Å². The molecule has 108 valence electrons. The molecule has 3 N–H and O–H groups in total. The molecule has 6 heteroatoms. The van der Waals surface area contributed by atoms with Crippen molar-refractivity contribution in [2.75, 3.05) is 18.2 Å². The predicted molar refractivity (Wildman–Crippen MR) is 81.4 cm³/mol. The van der Waals surface area contributed by atoms with Crippen LogP contribution in [-0.4, -0.2) is 17.1 Å². The van der Waals surface area contributed by atoms with E-state index in [4.69, 9.17) is 10.5 Å². The lowest BCUT2D eigenvalue weighted by molar-refractivity contribution is 0.416. The quantitative estimate of drug-likeness (QED) is 0.875. The molecule has 0 fully saturated rings.